The van der Waals surface area contributed by atoms with Crippen molar-refractivity contribution in [3.8, 4) is 0 Å². The molecule has 1 unspecified atom stereocenters. The molecule has 0 aliphatic carbocycles. The van der Waals surface area contributed by atoms with Crippen molar-refractivity contribution in [3.63, 3.8) is 0 Å². The monoisotopic (exact) mass is 339 g/mol. The van der Waals surface area contributed by atoms with Crippen molar-refractivity contribution in [2.75, 3.05) is 66.5 Å². The van der Waals surface area contributed by atoms with Crippen molar-refractivity contribution in [1.29, 1.82) is 0 Å². The number of nitrogens with two attached hydrogens (primary N) is 1. The zero-order valence-corrected chi connectivity index (χ0v) is 15.4. The summed E-state index contributed by atoms with van der Waals surface area (Å²) < 4.78 is 0. The number of hydrogen-bond acceptors (Lipinski definition) is 5. The molecule has 2 heterocycles. The molecule has 2 aliphatic rings. The summed E-state index contributed by atoms with van der Waals surface area (Å²) in [7, 11) is 3.62. The predicted molar refractivity (Wildman–Crippen MR) is 94.5 cm³/mol. The molecule has 0 saturated carbocycles. The van der Waals surface area contributed by atoms with Gasteiger partial charge in [0.05, 0.1) is 13.1 Å². The maximum absolute atomic E-state index is 11.9. The van der Waals surface area contributed by atoms with Crippen LogP contribution in [0, 0.1) is 5.92 Å². The molecule has 0 bridgehead atoms. The SMILES string of the molecule is CC1CN(CC(=O)N(C)C)CCN1CC1CCN(C(=O)CN)CC1. The number of likely N-dealkylation sites (N-methyl/N-ethyl adjacent to an activating group) is 1. The fraction of sp³-hybridized carbons (Fsp3) is 0.882. The van der Waals surface area contributed by atoms with Crippen LogP contribution in [0.1, 0.15) is 19.8 Å². The highest BCUT2D eigenvalue weighted by molar-refractivity contribution is 5.78. The van der Waals surface area contributed by atoms with Gasteiger partial charge in [0, 0.05) is 59.4 Å². The van der Waals surface area contributed by atoms with Crippen LogP contribution in [0.2, 0.25) is 0 Å². The number of nitrogens with zero attached hydrogens (tertiary/aromatic N) is 4. The van der Waals surface area contributed by atoms with Crippen molar-refractivity contribution in [2.45, 2.75) is 25.8 Å². The molecule has 2 amide bonds. The second-order valence-electron chi connectivity index (χ2n) is 7.40. The molecule has 0 spiro atoms. The summed E-state index contributed by atoms with van der Waals surface area (Å²) >= 11 is 0. The fourth-order valence-corrected chi connectivity index (χ4v) is 3.64. The highest BCUT2D eigenvalue weighted by atomic mass is 16.2. The molecule has 24 heavy (non-hydrogen) atoms. The Labute approximate surface area is 145 Å². The van der Waals surface area contributed by atoms with Gasteiger partial charge in [-0.15, -0.1) is 0 Å². The van der Waals surface area contributed by atoms with Crippen LogP contribution in [0.15, 0.2) is 0 Å². The standard InChI is InChI=1S/C17H33N5O2/c1-14-11-20(13-17(24)19(2)3)8-9-22(14)12-15-4-6-21(7-5-15)16(23)10-18/h14-15H,4-13,18H2,1-3H3. The summed E-state index contributed by atoms with van der Waals surface area (Å²) in [6, 6.07) is 0.470. The first-order chi connectivity index (χ1) is 11.4. The van der Waals surface area contributed by atoms with Gasteiger partial charge in [0.1, 0.15) is 0 Å². The van der Waals surface area contributed by atoms with E-state index in [1.165, 1.54) is 0 Å². The molecule has 2 fully saturated rings. The average molecular weight is 339 g/mol. The van der Waals surface area contributed by atoms with E-state index >= 15 is 0 Å². The van der Waals surface area contributed by atoms with E-state index in [0.717, 1.165) is 52.1 Å². The Morgan fingerprint density at radius 2 is 1.79 bits per heavy atom. The Bertz CT molecular complexity index is 435. The largest absolute Gasteiger partial charge is 0.348 e. The number of amides is 2. The number of carbonyl (C=O) groups is 2. The third-order valence-electron chi connectivity index (χ3n) is 5.34. The normalized spacial score (nSPS) is 24.2. The lowest BCUT2D eigenvalue weighted by molar-refractivity contribution is -0.132. The molecule has 0 aromatic heterocycles. The topological polar surface area (TPSA) is 73.1 Å². The second-order valence-corrected chi connectivity index (χ2v) is 7.40. The summed E-state index contributed by atoms with van der Waals surface area (Å²) in [4.78, 5) is 31.9. The number of piperidine rings is 1. The highest BCUT2D eigenvalue weighted by Crippen LogP contribution is 2.21. The minimum atomic E-state index is 0.0704. The second kappa shape index (κ2) is 8.78. The van der Waals surface area contributed by atoms with Crippen LogP contribution in [0.4, 0.5) is 0 Å². The number of piperazine rings is 1. The van der Waals surface area contributed by atoms with E-state index in [0.29, 0.717) is 18.5 Å². The molecule has 7 heteroatoms. The molecule has 7 nitrogen and oxygen atoms in total. The molecule has 2 saturated heterocycles. The van der Waals surface area contributed by atoms with Crippen LogP contribution in [0.5, 0.6) is 0 Å². The Morgan fingerprint density at radius 1 is 1.12 bits per heavy atom. The van der Waals surface area contributed by atoms with Gasteiger partial charge in [0.2, 0.25) is 11.8 Å². The van der Waals surface area contributed by atoms with Crippen LogP contribution in [-0.2, 0) is 9.59 Å². The summed E-state index contributed by atoms with van der Waals surface area (Å²) in [5.74, 6) is 0.901. The molecule has 0 radical (unpaired) electrons. The molecule has 2 aliphatic heterocycles. The highest BCUT2D eigenvalue weighted by Gasteiger charge is 2.29. The van der Waals surface area contributed by atoms with E-state index in [2.05, 4.69) is 16.7 Å². The zero-order valence-electron chi connectivity index (χ0n) is 15.4. The number of hydrogen-bond donors (Lipinski definition) is 1. The van der Waals surface area contributed by atoms with Gasteiger partial charge in [-0.1, -0.05) is 0 Å². The van der Waals surface area contributed by atoms with Gasteiger partial charge in [-0.3, -0.25) is 19.4 Å². The van der Waals surface area contributed by atoms with Gasteiger partial charge in [0.25, 0.3) is 0 Å². The van der Waals surface area contributed by atoms with Gasteiger partial charge >= 0.3 is 0 Å². The molecule has 1 atom stereocenters. The Morgan fingerprint density at radius 3 is 2.33 bits per heavy atom. The third kappa shape index (κ3) is 5.16. The average Bonchev–Trinajstić information content (AvgIpc) is 2.57. The van der Waals surface area contributed by atoms with E-state index in [-0.39, 0.29) is 18.4 Å². The van der Waals surface area contributed by atoms with E-state index in [9.17, 15) is 9.59 Å². The molecular weight excluding hydrogens is 306 g/mol. The first kappa shape index (κ1) is 19.1. The Balaban J connectivity index is 1.73. The van der Waals surface area contributed by atoms with Crippen molar-refractivity contribution >= 4 is 11.8 Å². The Hall–Kier alpha value is -1.18. The summed E-state index contributed by atoms with van der Waals surface area (Å²) in [6.07, 6.45) is 2.13. The number of rotatable bonds is 5. The van der Waals surface area contributed by atoms with Crippen LogP contribution >= 0.6 is 0 Å². The quantitative estimate of drug-likeness (QED) is 0.715. The van der Waals surface area contributed by atoms with Crippen molar-refractivity contribution in [2.24, 2.45) is 11.7 Å². The van der Waals surface area contributed by atoms with Gasteiger partial charge in [-0.25, -0.2) is 0 Å². The number of carbonyl (C=O) groups excluding carboxylic acids is 2. The van der Waals surface area contributed by atoms with Crippen molar-refractivity contribution < 1.29 is 9.59 Å². The predicted octanol–water partition coefficient (Wildman–Crippen LogP) is -0.722. The molecule has 0 aromatic rings. The molecular formula is C17H33N5O2. The summed E-state index contributed by atoms with van der Waals surface area (Å²) in [5, 5.41) is 0. The van der Waals surface area contributed by atoms with Gasteiger partial charge in [-0.2, -0.15) is 0 Å². The maximum atomic E-state index is 11.9. The minimum absolute atomic E-state index is 0.0704. The lowest BCUT2D eigenvalue weighted by Crippen LogP contribution is -2.55. The lowest BCUT2D eigenvalue weighted by Gasteiger charge is -2.42. The lowest BCUT2D eigenvalue weighted by atomic mass is 9.95. The Kier molecular flexibility index (Phi) is 7.01. The summed E-state index contributed by atoms with van der Waals surface area (Å²) in [5.41, 5.74) is 5.44. The van der Waals surface area contributed by atoms with Crippen LogP contribution in [0.25, 0.3) is 0 Å². The van der Waals surface area contributed by atoms with Crippen LogP contribution in [-0.4, -0.2) is 104 Å². The first-order valence-corrected chi connectivity index (χ1v) is 9.05. The number of likely N-dealkylation sites (tertiary alicyclic amines) is 1. The van der Waals surface area contributed by atoms with Gasteiger partial charge < -0.3 is 15.5 Å². The molecule has 0 aromatic carbocycles. The van der Waals surface area contributed by atoms with E-state index in [1.807, 2.05) is 19.0 Å². The van der Waals surface area contributed by atoms with E-state index < -0.39 is 0 Å². The fourth-order valence-electron chi connectivity index (χ4n) is 3.64. The van der Waals surface area contributed by atoms with E-state index in [4.69, 9.17) is 5.73 Å². The van der Waals surface area contributed by atoms with Crippen molar-refractivity contribution in [3.05, 3.63) is 0 Å². The minimum Gasteiger partial charge on any atom is -0.348 e. The molecule has 2 rings (SSSR count). The van der Waals surface area contributed by atoms with Gasteiger partial charge in [0.15, 0.2) is 0 Å². The van der Waals surface area contributed by atoms with Crippen molar-refractivity contribution in [1.82, 2.24) is 19.6 Å². The van der Waals surface area contributed by atoms with Crippen LogP contribution in [0.3, 0.4) is 0 Å². The maximum Gasteiger partial charge on any atom is 0.236 e. The molecule has 2 N–H and O–H groups in total. The van der Waals surface area contributed by atoms with Gasteiger partial charge in [-0.05, 0) is 25.7 Å². The van der Waals surface area contributed by atoms with E-state index in [1.54, 1.807) is 4.90 Å². The third-order valence-corrected chi connectivity index (χ3v) is 5.34. The van der Waals surface area contributed by atoms with Crippen LogP contribution < -0.4 is 5.73 Å². The summed E-state index contributed by atoms with van der Waals surface area (Å²) in [6.45, 7) is 8.59. The first-order valence-electron chi connectivity index (χ1n) is 9.05. The zero-order chi connectivity index (χ0) is 17.7. The molecule has 138 valence electrons. The smallest absolute Gasteiger partial charge is 0.236 e.